The van der Waals surface area contributed by atoms with Gasteiger partial charge in [-0.05, 0) is 61.1 Å². The van der Waals surface area contributed by atoms with Crippen LogP contribution in [0.3, 0.4) is 0 Å². The minimum absolute atomic E-state index is 0.00592. The Morgan fingerprint density at radius 2 is 1.54 bits per heavy atom. The molecule has 4 bridgehead atoms. The average molecular weight is 885 g/mol. The summed E-state index contributed by atoms with van der Waals surface area (Å²) in [6, 6.07) is -1.42. The molecular weight excluding hydrogens is 823 g/mol. The number of carboxylic acids is 1. The Hall–Kier alpha value is -5.99. The van der Waals surface area contributed by atoms with Crippen molar-refractivity contribution < 1.29 is 64.4 Å². The predicted molar refractivity (Wildman–Crippen MR) is 226 cm³/mol. The molecule has 20 nitrogen and oxygen atoms in total. The zero-order valence-corrected chi connectivity index (χ0v) is 36.7. The van der Waals surface area contributed by atoms with Gasteiger partial charge in [0, 0.05) is 32.5 Å². The van der Waals surface area contributed by atoms with E-state index in [1.165, 1.54) is 65.4 Å². The molecule has 348 valence electrons. The van der Waals surface area contributed by atoms with E-state index in [4.69, 9.17) is 0 Å². The normalized spacial score (nSPS) is 17.8. The highest BCUT2D eigenvalue weighted by Gasteiger charge is 2.34. The van der Waals surface area contributed by atoms with Crippen molar-refractivity contribution in [2.45, 2.75) is 122 Å². The SMILES string of the molecule is CCC(C)CCCCCCCCC(=O)N(C)[C@H](CO)C(=O)N[C@H](C)C(=O)NCC(=O)N(C)C1C(=O)N[C@@H](C)C(=O)NC(C(=O)O)Cc2cc(c([O-])c(N(O)O)c2)-c2cc1ccc2O. The summed E-state index contributed by atoms with van der Waals surface area (Å²) in [6.07, 6.45) is 7.96. The summed E-state index contributed by atoms with van der Waals surface area (Å²) in [5.74, 6) is -7.05. The molecule has 0 aromatic heterocycles. The number of rotatable bonds is 20. The van der Waals surface area contributed by atoms with Crippen LogP contribution in [0.1, 0.15) is 103 Å². The van der Waals surface area contributed by atoms with Crippen LogP contribution in [0.2, 0.25) is 0 Å². The predicted octanol–water partition coefficient (Wildman–Crippen LogP) is 1.45. The number of fused-ring (bicyclic) bond motifs is 5. The van der Waals surface area contributed by atoms with Gasteiger partial charge in [0.2, 0.25) is 35.4 Å². The summed E-state index contributed by atoms with van der Waals surface area (Å²) < 4.78 is 0. The molecule has 1 aliphatic heterocycles. The summed E-state index contributed by atoms with van der Waals surface area (Å²) in [7, 11) is 2.59. The van der Waals surface area contributed by atoms with Crippen molar-refractivity contribution in [1.82, 2.24) is 31.1 Å². The van der Waals surface area contributed by atoms with Crippen molar-refractivity contribution >= 4 is 47.1 Å². The second kappa shape index (κ2) is 24.0. The lowest BCUT2D eigenvalue weighted by Crippen LogP contribution is -2.55. The highest BCUT2D eigenvalue weighted by atomic mass is 16.8. The lowest BCUT2D eigenvalue weighted by molar-refractivity contribution is -0.267. The number of amides is 6. The van der Waals surface area contributed by atoms with Crippen LogP contribution in [0.25, 0.3) is 11.1 Å². The number of benzene rings is 2. The lowest BCUT2D eigenvalue weighted by Gasteiger charge is -2.31. The van der Waals surface area contributed by atoms with Gasteiger partial charge in [0.05, 0.1) is 18.8 Å². The van der Waals surface area contributed by atoms with Crippen LogP contribution in [-0.4, -0.2) is 128 Å². The van der Waals surface area contributed by atoms with Crippen LogP contribution in [-0.2, 0) is 40.0 Å². The Morgan fingerprint density at radius 3 is 2.16 bits per heavy atom. The first-order chi connectivity index (χ1) is 29.7. The van der Waals surface area contributed by atoms with E-state index in [9.17, 15) is 64.4 Å². The zero-order valence-electron chi connectivity index (χ0n) is 36.7. The number of aromatic hydroxyl groups is 1. The number of phenolic OH excluding ortho intramolecular Hbond substituents is 1. The van der Waals surface area contributed by atoms with Gasteiger partial charge < -0.3 is 51.5 Å². The Bertz CT molecular complexity index is 1960. The molecule has 6 amide bonds. The van der Waals surface area contributed by atoms with E-state index in [1.54, 1.807) is 0 Å². The first kappa shape index (κ1) is 51.4. The third-order valence-electron chi connectivity index (χ3n) is 11.3. The van der Waals surface area contributed by atoms with Crippen LogP contribution in [0, 0.1) is 5.92 Å². The molecule has 20 heteroatoms. The molecule has 3 rings (SSSR count). The van der Waals surface area contributed by atoms with Crippen LogP contribution in [0.15, 0.2) is 30.3 Å². The van der Waals surface area contributed by atoms with Crippen molar-refractivity contribution in [3.05, 3.63) is 41.5 Å². The smallest absolute Gasteiger partial charge is 0.326 e. The van der Waals surface area contributed by atoms with Crippen molar-refractivity contribution in [3.8, 4) is 22.6 Å². The number of carbonyl (C=O) groups is 7. The van der Waals surface area contributed by atoms with Crippen LogP contribution < -0.4 is 31.6 Å². The fraction of sp³-hybridized carbons (Fsp3) is 0.558. The molecule has 0 spiro atoms. The fourth-order valence-electron chi connectivity index (χ4n) is 7.09. The van der Waals surface area contributed by atoms with Gasteiger partial charge in [0.25, 0.3) is 0 Å². The Kier molecular flexibility index (Phi) is 19.6. The Balaban J connectivity index is 1.75. The first-order valence-electron chi connectivity index (χ1n) is 21.1. The Morgan fingerprint density at radius 1 is 0.889 bits per heavy atom. The molecule has 6 atom stereocenters. The maximum Gasteiger partial charge on any atom is 0.326 e. The van der Waals surface area contributed by atoms with Crippen LogP contribution in [0.5, 0.6) is 11.5 Å². The van der Waals surface area contributed by atoms with Crippen molar-refractivity contribution in [2.75, 3.05) is 32.5 Å². The molecule has 0 aliphatic carbocycles. The number of nitrogens with one attached hydrogen (secondary N) is 4. The molecule has 0 radical (unpaired) electrons. The number of anilines is 1. The van der Waals surface area contributed by atoms with E-state index in [1.807, 2.05) is 0 Å². The van der Waals surface area contributed by atoms with Crippen molar-refractivity contribution in [3.63, 3.8) is 0 Å². The molecule has 0 fully saturated rings. The highest BCUT2D eigenvalue weighted by molar-refractivity contribution is 5.96. The van der Waals surface area contributed by atoms with Crippen LogP contribution in [0.4, 0.5) is 5.69 Å². The molecule has 0 saturated carbocycles. The van der Waals surface area contributed by atoms with Gasteiger partial charge in [-0.25, -0.2) is 4.79 Å². The number of aliphatic hydroxyl groups excluding tert-OH is 1. The second-order valence-electron chi connectivity index (χ2n) is 16.1. The van der Waals surface area contributed by atoms with E-state index in [0.29, 0.717) is 6.42 Å². The van der Waals surface area contributed by atoms with Gasteiger partial charge in [-0.1, -0.05) is 76.7 Å². The van der Waals surface area contributed by atoms with E-state index in [2.05, 4.69) is 35.1 Å². The number of unbranched alkanes of at least 4 members (excludes halogenated alkanes) is 5. The third kappa shape index (κ3) is 14.3. The number of hydrogen-bond donors (Lipinski definition) is 9. The molecular formula is C43H62N7O13-. The number of nitrogens with zero attached hydrogens (tertiary/aromatic N) is 3. The molecule has 3 unspecified atom stereocenters. The van der Waals surface area contributed by atoms with Gasteiger partial charge in [-0.2, -0.15) is 0 Å². The number of carboxylic acid groups (broad SMARTS) is 1. The molecule has 0 saturated heterocycles. The summed E-state index contributed by atoms with van der Waals surface area (Å²) in [5.41, 5.74) is -1.27. The second-order valence-corrected chi connectivity index (χ2v) is 16.1. The Labute approximate surface area is 366 Å². The van der Waals surface area contributed by atoms with Crippen molar-refractivity contribution in [2.24, 2.45) is 5.92 Å². The maximum atomic E-state index is 13.9. The maximum absolute atomic E-state index is 13.9. The quantitative estimate of drug-likeness (QED) is 0.0672. The van der Waals surface area contributed by atoms with Gasteiger partial charge in [0.15, 0.2) is 0 Å². The summed E-state index contributed by atoms with van der Waals surface area (Å²) in [5, 5.41) is 72.9. The van der Waals surface area contributed by atoms with E-state index in [-0.39, 0.29) is 34.6 Å². The van der Waals surface area contributed by atoms with E-state index >= 15 is 0 Å². The monoisotopic (exact) mass is 884 g/mol. The van der Waals surface area contributed by atoms with Crippen LogP contribution >= 0.6 is 0 Å². The number of aliphatic carboxylic acids is 1. The number of aliphatic hydroxyl groups is 1. The van der Waals surface area contributed by atoms with Gasteiger partial charge in [0.1, 0.15) is 36.0 Å². The first-order valence-corrected chi connectivity index (χ1v) is 21.1. The topological polar surface area (TPSA) is 302 Å². The standard InChI is InChI=1S/C43H63N7O13/c1-7-24(2)14-12-10-8-9-11-13-15-35(53)48(5)33(23-51)41(58)45-25(3)39(56)44-22-36(54)49(6)37-28-16-17-34(52)29(21-28)30-18-27(20-32(38(30)55)50(62)63)19-31(43(60)61)47-40(57)26(4)46-42(37)59/h16-18,20-21,24-26,31,33,37,51-52,55,62-63H,7-15,19,22-23H2,1-6H3,(H,44,56)(H,45,58)(H,46,59)(H,47,57)(H,60,61)/p-1/t24?,25-,26+,31?,33-,37?/m1/s1. The largest absolute Gasteiger partial charge is 0.871 e. The number of likely N-dealkylation sites (N-methyl/N-ethyl adjacent to an activating group) is 2. The summed E-state index contributed by atoms with van der Waals surface area (Å²) in [6.45, 7) is 5.58. The van der Waals surface area contributed by atoms with Gasteiger partial charge in [-0.3, -0.25) is 39.2 Å². The zero-order chi connectivity index (χ0) is 47.1. The van der Waals surface area contributed by atoms with Crippen molar-refractivity contribution in [1.29, 1.82) is 0 Å². The molecule has 1 heterocycles. The molecule has 9 N–H and O–H groups in total. The van der Waals surface area contributed by atoms with Gasteiger partial charge in [-0.15, -0.1) is 5.23 Å². The van der Waals surface area contributed by atoms with Gasteiger partial charge >= 0.3 is 5.97 Å². The molecule has 2 aromatic carbocycles. The fourth-order valence-corrected chi connectivity index (χ4v) is 7.09. The molecule has 63 heavy (non-hydrogen) atoms. The number of hydrogen-bond acceptors (Lipinski definition) is 13. The minimum atomic E-state index is -1.63. The number of carbonyl (C=O) groups excluding carboxylic acids is 6. The average Bonchev–Trinajstić information content (AvgIpc) is 3.23. The molecule has 2 aromatic rings. The lowest BCUT2D eigenvalue weighted by atomic mass is 9.93. The highest BCUT2D eigenvalue weighted by Crippen LogP contribution is 2.42. The summed E-state index contributed by atoms with van der Waals surface area (Å²) in [4.78, 5) is 94.0. The third-order valence-corrected chi connectivity index (χ3v) is 11.3. The van der Waals surface area contributed by atoms with E-state index < -0.39 is 108 Å². The number of phenols is 1. The summed E-state index contributed by atoms with van der Waals surface area (Å²) >= 11 is 0. The minimum Gasteiger partial charge on any atom is -0.871 e. The molecule has 1 aliphatic rings. The van der Waals surface area contributed by atoms with E-state index in [0.717, 1.165) is 53.5 Å².